The average Bonchev–Trinajstić information content (AvgIpc) is 2.28. The number of hydrogen-bond acceptors (Lipinski definition) is 4. The standard InChI is InChI=1S/C7H9NO3S/c1-11-7-4-2-3-5-12(10,6-7)8-9/h2-4,10H,5H2,1H3. The molecule has 1 N–H and O–H groups in total. The number of hydrogen-bond donors (Lipinski definition) is 1. The molecule has 0 amide bonds. The first-order chi connectivity index (χ1) is 5.70. The van der Waals surface area contributed by atoms with E-state index in [0.29, 0.717) is 5.76 Å². The number of methoxy groups -OCH3 is 1. The summed E-state index contributed by atoms with van der Waals surface area (Å²) in [5, 5.41) is 2.53. The van der Waals surface area contributed by atoms with Crippen LogP contribution in [0.2, 0.25) is 0 Å². The Morgan fingerprint density at radius 2 is 2.58 bits per heavy atom. The molecule has 1 unspecified atom stereocenters. The molecule has 0 aliphatic carbocycles. The number of ether oxygens (including phenoxy) is 1. The van der Waals surface area contributed by atoms with Crippen molar-refractivity contribution in [3.8, 4) is 5.18 Å². The molecule has 1 aliphatic rings. The van der Waals surface area contributed by atoms with Crippen LogP contribution in [0.4, 0.5) is 0 Å². The minimum absolute atomic E-state index is 0.208. The van der Waals surface area contributed by atoms with Gasteiger partial charge in [-0.2, -0.15) is 0 Å². The molecule has 12 heavy (non-hydrogen) atoms. The Bertz CT molecular complexity index is 355. The lowest BCUT2D eigenvalue weighted by molar-refractivity contribution is 0.311. The summed E-state index contributed by atoms with van der Waals surface area (Å²) in [5.74, 6) is 0.556. The molecule has 0 saturated carbocycles. The third-order valence-electron chi connectivity index (χ3n) is 1.32. The highest BCUT2D eigenvalue weighted by molar-refractivity contribution is 8.18. The van der Waals surface area contributed by atoms with E-state index < -0.39 is 9.90 Å². The van der Waals surface area contributed by atoms with E-state index in [1.165, 1.54) is 7.11 Å². The van der Waals surface area contributed by atoms with Gasteiger partial charge in [0.1, 0.15) is 0 Å². The van der Waals surface area contributed by atoms with Gasteiger partial charge >= 0.3 is 0 Å². The molecule has 4 nitrogen and oxygen atoms in total. The van der Waals surface area contributed by atoms with Gasteiger partial charge in [0.2, 0.25) is 0 Å². The summed E-state index contributed by atoms with van der Waals surface area (Å²) >= 11 is 0. The summed E-state index contributed by atoms with van der Waals surface area (Å²) in [5.41, 5.74) is 0. The van der Waals surface area contributed by atoms with Crippen LogP contribution in [0.15, 0.2) is 28.6 Å². The van der Waals surface area contributed by atoms with E-state index in [1.807, 2.05) is 0 Å². The van der Waals surface area contributed by atoms with Gasteiger partial charge in [-0.25, -0.2) is 0 Å². The summed E-state index contributed by atoms with van der Waals surface area (Å²) in [6, 6.07) is 0. The summed E-state index contributed by atoms with van der Waals surface area (Å²) in [6.45, 7) is 0. The first-order valence-corrected chi connectivity index (χ1v) is 4.98. The van der Waals surface area contributed by atoms with Gasteiger partial charge < -0.3 is 9.29 Å². The van der Waals surface area contributed by atoms with Gasteiger partial charge in [-0.15, -0.1) is 4.91 Å². The zero-order valence-corrected chi connectivity index (χ0v) is 7.37. The van der Waals surface area contributed by atoms with Crippen LogP contribution < -0.4 is 0 Å². The molecule has 1 aliphatic heterocycles. The quantitative estimate of drug-likeness (QED) is 0.639. The second kappa shape index (κ2) is 3.58. The van der Waals surface area contributed by atoms with Gasteiger partial charge in [0.15, 0.2) is 5.76 Å². The van der Waals surface area contributed by atoms with Crippen molar-refractivity contribution in [2.24, 2.45) is 4.58 Å². The van der Waals surface area contributed by atoms with Crippen LogP contribution in [0.3, 0.4) is 0 Å². The fourth-order valence-corrected chi connectivity index (χ4v) is 1.78. The van der Waals surface area contributed by atoms with E-state index in [4.69, 9.17) is 4.74 Å². The van der Waals surface area contributed by atoms with E-state index in [1.54, 1.807) is 18.2 Å². The molecule has 0 aromatic carbocycles. The predicted molar refractivity (Wildman–Crippen MR) is 49.0 cm³/mol. The van der Waals surface area contributed by atoms with Gasteiger partial charge in [-0.05, 0) is 11.3 Å². The monoisotopic (exact) mass is 187 g/mol. The van der Waals surface area contributed by atoms with Crippen molar-refractivity contribution in [2.75, 3.05) is 12.9 Å². The second-order valence-corrected chi connectivity index (χ2v) is 4.19. The molecule has 1 atom stereocenters. The molecule has 0 aromatic heterocycles. The number of nitrogens with zero attached hydrogens (tertiary/aromatic N) is 1. The van der Waals surface area contributed by atoms with Crippen LogP contribution in [0.5, 0.6) is 0 Å². The Labute approximate surface area is 71.4 Å². The number of nitroso groups, excluding NO2 is 1. The van der Waals surface area contributed by atoms with Crippen LogP contribution in [0.25, 0.3) is 0 Å². The number of rotatable bonds is 1. The van der Waals surface area contributed by atoms with Crippen molar-refractivity contribution in [3.63, 3.8) is 0 Å². The van der Waals surface area contributed by atoms with E-state index in [0.717, 1.165) is 0 Å². The lowest BCUT2D eigenvalue weighted by Crippen LogP contribution is -1.85. The first kappa shape index (κ1) is 9.06. The maximum Gasteiger partial charge on any atom is 0.170 e. The van der Waals surface area contributed by atoms with E-state index in [9.17, 15) is 9.46 Å². The molecule has 0 bridgehead atoms. The third kappa shape index (κ3) is 1.98. The highest BCUT2D eigenvalue weighted by atomic mass is 32.2. The average molecular weight is 187 g/mol. The molecule has 0 spiro atoms. The fraction of sp³-hybridized carbons (Fsp3) is 0.286. The molecular weight excluding hydrogens is 178 g/mol. The van der Waals surface area contributed by atoms with Gasteiger partial charge in [-0.1, -0.05) is 12.2 Å². The zero-order chi connectivity index (χ0) is 9.03. The smallest absolute Gasteiger partial charge is 0.170 e. The highest BCUT2D eigenvalue weighted by Crippen LogP contribution is 2.31. The van der Waals surface area contributed by atoms with Gasteiger partial charge in [-0.3, -0.25) is 0 Å². The Balaban J connectivity index is 3.15. The van der Waals surface area contributed by atoms with Crippen molar-refractivity contribution in [1.29, 1.82) is 0 Å². The lowest BCUT2D eigenvalue weighted by atomic mass is 10.4. The molecule has 66 valence electrons. The van der Waals surface area contributed by atoms with Gasteiger partial charge in [0, 0.05) is 4.58 Å². The normalized spacial score (nSPS) is 27.7. The molecule has 0 aromatic rings. The van der Waals surface area contributed by atoms with Crippen LogP contribution >= 0.6 is 9.90 Å². The van der Waals surface area contributed by atoms with Crippen LogP contribution in [-0.4, -0.2) is 17.4 Å². The SMILES string of the molecule is COC1=CC=CCS(O)(N=O)#C1. The van der Waals surface area contributed by atoms with Crippen LogP contribution in [-0.2, 0) is 4.74 Å². The first-order valence-electron chi connectivity index (χ1n) is 3.27. The van der Waals surface area contributed by atoms with E-state index in [2.05, 4.69) is 9.77 Å². The predicted octanol–water partition coefficient (Wildman–Crippen LogP) is 2.00. The van der Waals surface area contributed by atoms with Crippen molar-refractivity contribution >= 4 is 9.90 Å². The summed E-state index contributed by atoms with van der Waals surface area (Å²) in [6.07, 6.45) is 4.98. The highest BCUT2D eigenvalue weighted by Gasteiger charge is 2.07. The third-order valence-corrected chi connectivity index (χ3v) is 2.75. The lowest BCUT2D eigenvalue weighted by Gasteiger charge is -2.03. The fourth-order valence-electron chi connectivity index (χ4n) is 0.741. The molecule has 1 rings (SSSR count). The molecule has 5 heteroatoms. The molecule has 0 radical (unpaired) electrons. The Morgan fingerprint density at radius 1 is 1.83 bits per heavy atom. The zero-order valence-electron chi connectivity index (χ0n) is 6.56. The van der Waals surface area contributed by atoms with Crippen LogP contribution in [0.1, 0.15) is 0 Å². The Kier molecular flexibility index (Phi) is 2.70. The topological polar surface area (TPSA) is 58.9 Å². The van der Waals surface area contributed by atoms with Crippen molar-refractivity contribution in [1.82, 2.24) is 0 Å². The Hall–Kier alpha value is -1.03. The Morgan fingerprint density at radius 3 is 3.17 bits per heavy atom. The van der Waals surface area contributed by atoms with Crippen LogP contribution in [0, 0.1) is 10.1 Å². The van der Waals surface area contributed by atoms with Crippen molar-refractivity contribution in [2.45, 2.75) is 0 Å². The molecule has 0 saturated heterocycles. The summed E-state index contributed by atoms with van der Waals surface area (Å²) in [7, 11) is -1.19. The maximum absolute atomic E-state index is 10.3. The second-order valence-electron chi connectivity index (χ2n) is 2.17. The number of allylic oxidation sites excluding steroid dienone is 3. The van der Waals surface area contributed by atoms with E-state index >= 15 is 0 Å². The molecule has 0 fully saturated rings. The maximum atomic E-state index is 10.3. The largest absolute Gasteiger partial charge is 0.489 e. The van der Waals surface area contributed by atoms with Crippen molar-refractivity contribution < 1.29 is 9.29 Å². The van der Waals surface area contributed by atoms with Crippen molar-refractivity contribution in [3.05, 3.63) is 28.9 Å². The molecular formula is C7H9NO3S. The van der Waals surface area contributed by atoms with E-state index in [-0.39, 0.29) is 5.75 Å². The molecule has 1 heterocycles. The minimum Gasteiger partial charge on any atom is -0.489 e. The summed E-state index contributed by atoms with van der Waals surface area (Å²) < 4.78 is 17.0. The summed E-state index contributed by atoms with van der Waals surface area (Å²) in [4.78, 5) is 10.3. The minimum atomic E-state index is -2.64. The van der Waals surface area contributed by atoms with Gasteiger partial charge in [0.05, 0.1) is 22.8 Å². The van der Waals surface area contributed by atoms with Gasteiger partial charge in [0.25, 0.3) is 0 Å².